The number of likely N-dealkylation sites (tertiary alicyclic amines) is 1. The lowest BCUT2D eigenvalue weighted by Gasteiger charge is -2.31. The van der Waals surface area contributed by atoms with Gasteiger partial charge in [-0.05, 0) is 31.8 Å². The van der Waals surface area contributed by atoms with E-state index in [-0.39, 0.29) is 5.88 Å². The molecule has 1 aromatic heterocycles. The van der Waals surface area contributed by atoms with Crippen molar-refractivity contribution in [1.29, 1.82) is 0 Å². The highest BCUT2D eigenvalue weighted by molar-refractivity contribution is 5.28. The van der Waals surface area contributed by atoms with Crippen LogP contribution in [0.1, 0.15) is 26.2 Å². The normalized spacial score (nSPS) is 17.1. The quantitative estimate of drug-likeness (QED) is 0.866. The molecule has 1 saturated heterocycles. The maximum absolute atomic E-state index is 13.2. The zero-order chi connectivity index (χ0) is 14.4. The van der Waals surface area contributed by atoms with Crippen LogP contribution < -0.4 is 10.1 Å². The Morgan fingerprint density at radius 2 is 2.20 bits per heavy atom. The second-order valence-corrected chi connectivity index (χ2v) is 5.17. The van der Waals surface area contributed by atoms with Gasteiger partial charge in [0, 0.05) is 13.1 Å². The van der Waals surface area contributed by atoms with E-state index in [0.717, 1.165) is 38.3 Å². The molecular weight excluding hydrogens is 259 g/mol. The standard InChI is InChI=1S/C14H23FN4O/c1-3-11-4-7-19(8-5-11)9-6-16-14-17-10-12(15)13(18-14)20-2/h10-11H,3-9H2,1-2H3,(H,16,17,18). The van der Waals surface area contributed by atoms with Crippen LogP contribution in [0.15, 0.2) is 6.20 Å². The van der Waals surface area contributed by atoms with E-state index in [0.29, 0.717) is 5.95 Å². The predicted molar refractivity (Wildman–Crippen MR) is 76.5 cm³/mol. The number of anilines is 1. The highest BCUT2D eigenvalue weighted by atomic mass is 19.1. The summed E-state index contributed by atoms with van der Waals surface area (Å²) in [4.78, 5) is 10.3. The molecule has 1 aromatic rings. The van der Waals surface area contributed by atoms with Gasteiger partial charge in [0.1, 0.15) is 0 Å². The Bertz CT molecular complexity index is 422. The first kappa shape index (κ1) is 15.0. The molecule has 0 aliphatic carbocycles. The second-order valence-electron chi connectivity index (χ2n) is 5.17. The van der Waals surface area contributed by atoms with Crippen LogP contribution in [0, 0.1) is 11.7 Å². The summed E-state index contributed by atoms with van der Waals surface area (Å²) in [6.45, 7) is 6.30. The van der Waals surface area contributed by atoms with Crippen LogP contribution in [-0.2, 0) is 0 Å². The largest absolute Gasteiger partial charge is 0.479 e. The van der Waals surface area contributed by atoms with E-state index < -0.39 is 5.82 Å². The summed E-state index contributed by atoms with van der Waals surface area (Å²) in [6, 6.07) is 0. The Balaban J connectivity index is 1.73. The number of hydrogen-bond acceptors (Lipinski definition) is 5. The van der Waals surface area contributed by atoms with Crippen LogP contribution in [0.2, 0.25) is 0 Å². The van der Waals surface area contributed by atoms with Gasteiger partial charge in [-0.1, -0.05) is 13.3 Å². The zero-order valence-electron chi connectivity index (χ0n) is 12.2. The van der Waals surface area contributed by atoms with Crippen molar-refractivity contribution in [3.8, 4) is 5.88 Å². The molecule has 0 unspecified atom stereocenters. The maximum atomic E-state index is 13.2. The van der Waals surface area contributed by atoms with Gasteiger partial charge in [-0.3, -0.25) is 0 Å². The SMILES string of the molecule is CCC1CCN(CCNc2ncc(F)c(OC)n2)CC1. The topological polar surface area (TPSA) is 50.3 Å². The van der Waals surface area contributed by atoms with Crippen LogP contribution in [0.25, 0.3) is 0 Å². The Hall–Kier alpha value is -1.43. The smallest absolute Gasteiger partial charge is 0.255 e. The van der Waals surface area contributed by atoms with E-state index in [9.17, 15) is 4.39 Å². The maximum Gasteiger partial charge on any atom is 0.255 e. The van der Waals surface area contributed by atoms with Crippen LogP contribution in [-0.4, -0.2) is 48.2 Å². The molecule has 1 aliphatic rings. The summed E-state index contributed by atoms with van der Waals surface area (Å²) in [7, 11) is 1.40. The van der Waals surface area contributed by atoms with Crippen LogP contribution in [0.5, 0.6) is 5.88 Å². The van der Waals surface area contributed by atoms with E-state index >= 15 is 0 Å². The van der Waals surface area contributed by atoms with Gasteiger partial charge in [0.15, 0.2) is 0 Å². The summed E-state index contributed by atoms with van der Waals surface area (Å²) in [6.07, 6.45) is 4.99. The van der Waals surface area contributed by atoms with Crippen LogP contribution >= 0.6 is 0 Å². The second kappa shape index (κ2) is 7.38. The van der Waals surface area contributed by atoms with E-state index in [4.69, 9.17) is 4.74 Å². The molecule has 0 amide bonds. The minimum absolute atomic E-state index is 0.0220. The Morgan fingerprint density at radius 1 is 1.45 bits per heavy atom. The molecule has 2 rings (SSSR count). The summed E-state index contributed by atoms with van der Waals surface area (Å²) < 4.78 is 18.0. The number of rotatable bonds is 6. The van der Waals surface area contributed by atoms with Crippen LogP contribution in [0.3, 0.4) is 0 Å². The fraction of sp³-hybridized carbons (Fsp3) is 0.714. The van der Waals surface area contributed by atoms with Crippen LogP contribution in [0.4, 0.5) is 10.3 Å². The highest BCUT2D eigenvalue weighted by Crippen LogP contribution is 2.19. The Kier molecular flexibility index (Phi) is 5.52. The van der Waals surface area contributed by atoms with E-state index in [1.807, 2.05) is 0 Å². The number of piperidine rings is 1. The number of hydrogen-bond donors (Lipinski definition) is 1. The molecular formula is C14H23FN4O. The third-order valence-electron chi connectivity index (χ3n) is 3.90. The third-order valence-corrected chi connectivity index (χ3v) is 3.90. The molecule has 0 spiro atoms. The summed E-state index contributed by atoms with van der Waals surface area (Å²) in [5.41, 5.74) is 0. The molecule has 0 atom stereocenters. The first-order valence-corrected chi connectivity index (χ1v) is 7.25. The van der Waals surface area contributed by atoms with Gasteiger partial charge in [0.2, 0.25) is 11.8 Å². The van der Waals surface area contributed by atoms with E-state index in [2.05, 4.69) is 27.1 Å². The van der Waals surface area contributed by atoms with Crippen molar-refractivity contribution in [2.24, 2.45) is 5.92 Å². The molecule has 1 N–H and O–H groups in total. The van der Waals surface area contributed by atoms with Gasteiger partial charge in [-0.2, -0.15) is 9.37 Å². The van der Waals surface area contributed by atoms with E-state index in [1.54, 1.807) is 0 Å². The molecule has 0 aromatic carbocycles. The van der Waals surface area contributed by atoms with Gasteiger partial charge in [0.25, 0.3) is 5.88 Å². The molecule has 112 valence electrons. The lowest BCUT2D eigenvalue weighted by atomic mass is 9.94. The van der Waals surface area contributed by atoms with Gasteiger partial charge in [-0.15, -0.1) is 0 Å². The molecule has 1 aliphatic heterocycles. The number of methoxy groups -OCH3 is 1. The fourth-order valence-corrected chi connectivity index (χ4v) is 2.52. The highest BCUT2D eigenvalue weighted by Gasteiger charge is 2.17. The zero-order valence-corrected chi connectivity index (χ0v) is 12.2. The number of nitrogens with one attached hydrogen (secondary N) is 1. The summed E-state index contributed by atoms with van der Waals surface area (Å²) in [5.74, 6) is 0.738. The molecule has 20 heavy (non-hydrogen) atoms. The van der Waals surface area contributed by atoms with Crippen molar-refractivity contribution in [2.75, 3.05) is 38.6 Å². The van der Waals surface area contributed by atoms with Gasteiger partial charge in [-0.25, -0.2) is 4.98 Å². The molecule has 0 radical (unpaired) electrons. The van der Waals surface area contributed by atoms with Crippen molar-refractivity contribution in [2.45, 2.75) is 26.2 Å². The Labute approximate surface area is 119 Å². The number of ether oxygens (including phenoxy) is 1. The molecule has 6 heteroatoms. The van der Waals surface area contributed by atoms with Gasteiger partial charge < -0.3 is 15.0 Å². The number of halogens is 1. The first-order valence-electron chi connectivity index (χ1n) is 7.25. The Morgan fingerprint density at radius 3 is 2.85 bits per heavy atom. The molecule has 5 nitrogen and oxygen atoms in total. The van der Waals surface area contributed by atoms with Crippen molar-refractivity contribution >= 4 is 5.95 Å². The molecule has 0 bridgehead atoms. The van der Waals surface area contributed by atoms with Crippen molar-refractivity contribution in [3.05, 3.63) is 12.0 Å². The van der Waals surface area contributed by atoms with Crippen molar-refractivity contribution in [1.82, 2.24) is 14.9 Å². The average molecular weight is 282 g/mol. The first-order chi connectivity index (χ1) is 9.72. The van der Waals surface area contributed by atoms with Gasteiger partial charge >= 0.3 is 0 Å². The predicted octanol–water partition coefficient (Wildman–Crippen LogP) is 2.16. The van der Waals surface area contributed by atoms with Crippen molar-refractivity contribution in [3.63, 3.8) is 0 Å². The number of aromatic nitrogens is 2. The van der Waals surface area contributed by atoms with E-state index in [1.165, 1.54) is 26.4 Å². The lowest BCUT2D eigenvalue weighted by molar-refractivity contribution is 0.187. The third kappa shape index (κ3) is 4.03. The lowest BCUT2D eigenvalue weighted by Crippen LogP contribution is -2.36. The minimum Gasteiger partial charge on any atom is -0.479 e. The summed E-state index contributed by atoms with van der Waals surface area (Å²) >= 11 is 0. The monoisotopic (exact) mass is 282 g/mol. The molecule has 1 fully saturated rings. The van der Waals surface area contributed by atoms with Gasteiger partial charge in [0.05, 0.1) is 13.3 Å². The average Bonchev–Trinajstić information content (AvgIpc) is 2.49. The summed E-state index contributed by atoms with van der Waals surface area (Å²) in [5, 5.41) is 3.11. The molecule has 2 heterocycles. The van der Waals surface area contributed by atoms with Crippen molar-refractivity contribution < 1.29 is 9.13 Å². The fourth-order valence-electron chi connectivity index (χ4n) is 2.52. The molecule has 0 saturated carbocycles. The minimum atomic E-state index is -0.542. The number of nitrogens with zero attached hydrogens (tertiary/aromatic N) is 3.